The first-order valence-electron chi connectivity index (χ1n) is 10.9. The summed E-state index contributed by atoms with van der Waals surface area (Å²) in [5.41, 5.74) is 3.72. The van der Waals surface area contributed by atoms with Crippen LogP contribution >= 0.6 is 0 Å². The van der Waals surface area contributed by atoms with Crippen molar-refractivity contribution >= 4 is 0 Å². The molecule has 3 rings (SSSR count). The van der Waals surface area contributed by atoms with Crippen molar-refractivity contribution in [1.29, 1.82) is 0 Å². The highest BCUT2D eigenvalue weighted by Gasteiger charge is 2.28. The first kappa shape index (κ1) is 25.3. The zero-order valence-electron chi connectivity index (χ0n) is 19.0. The second kappa shape index (κ2) is 11.6. The van der Waals surface area contributed by atoms with Gasteiger partial charge in [-0.25, -0.2) is 8.78 Å². The number of fused-ring (bicyclic) bond motifs is 1. The van der Waals surface area contributed by atoms with E-state index in [2.05, 4.69) is 45.4 Å². The Hall–Kier alpha value is -3.01. The van der Waals surface area contributed by atoms with Crippen LogP contribution in [-0.4, -0.2) is 0 Å². The van der Waals surface area contributed by atoms with Crippen molar-refractivity contribution in [2.45, 2.75) is 52.4 Å². The van der Waals surface area contributed by atoms with Gasteiger partial charge < -0.3 is 4.74 Å². The summed E-state index contributed by atoms with van der Waals surface area (Å²) >= 11 is 0. The van der Waals surface area contributed by atoms with Gasteiger partial charge in [0.05, 0.1) is 0 Å². The molecule has 0 spiro atoms. The van der Waals surface area contributed by atoms with E-state index in [4.69, 9.17) is 4.74 Å². The van der Waals surface area contributed by atoms with Crippen LogP contribution < -0.4 is 4.74 Å². The molecule has 0 aliphatic carbocycles. The van der Waals surface area contributed by atoms with Gasteiger partial charge in [0.25, 0.3) is 0 Å². The molecule has 1 nitrogen and oxygen atoms in total. The van der Waals surface area contributed by atoms with Crippen LogP contribution in [0.2, 0.25) is 0 Å². The predicted octanol–water partition coefficient (Wildman–Crippen LogP) is 8.14. The van der Waals surface area contributed by atoms with Gasteiger partial charge in [-0.1, -0.05) is 57.7 Å². The summed E-state index contributed by atoms with van der Waals surface area (Å²) in [5.74, 6) is -3.11. The number of hydrogen-bond acceptors (Lipinski definition) is 1. The molecule has 0 amide bonds. The lowest BCUT2D eigenvalue weighted by molar-refractivity contribution is 0.353. The summed E-state index contributed by atoms with van der Waals surface area (Å²) in [5, 5.41) is 0. The van der Waals surface area contributed by atoms with Crippen LogP contribution in [0.1, 0.15) is 48.9 Å². The van der Waals surface area contributed by atoms with E-state index >= 15 is 0 Å². The van der Waals surface area contributed by atoms with Crippen molar-refractivity contribution in [2.24, 2.45) is 0 Å². The summed E-state index contributed by atoms with van der Waals surface area (Å²) in [6.45, 7) is 17.4. The highest BCUT2D eigenvalue weighted by molar-refractivity contribution is 5.51. The summed E-state index contributed by atoms with van der Waals surface area (Å²) in [4.78, 5) is 0. The fourth-order valence-electron chi connectivity index (χ4n) is 3.58. The Morgan fingerprint density at radius 1 is 0.969 bits per heavy atom. The van der Waals surface area contributed by atoms with Crippen LogP contribution in [0.25, 0.3) is 0 Å². The maximum atomic E-state index is 14.8. The molecule has 1 heterocycles. The van der Waals surface area contributed by atoms with Gasteiger partial charge in [0.2, 0.25) is 5.82 Å². The lowest BCUT2D eigenvalue weighted by Gasteiger charge is -2.24. The minimum absolute atomic E-state index is 0.160. The molecule has 0 bridgehead atoms. The molecule has 0 fully saturated rings. The molecule has 32 heavy (non-hydrogen) atoms. The molecule has 0 saturated carbocycles. The smallest absolute Gasteiger partial charge is 0.201 e. The normalized spacial score (nSPS) is 14.1. The van der Waals surface area contributed by atoms with Crippen LogP contribution in [0.5, 0.6) is 5.75 Å². The van der Waals surface area contributed by atoms with Gasteiger partial charge in [0.15, 0.2) is 23.2 Å². The van der Waals surface area contributed by atoms with Crippen molar-refractivity contribution in [3.63, 3.8) is 0 Å². The molecule has 0 atom stereocenters. The van der Waals surface area contributed by atoms with Gasteiger partial charge in [-0.3, -0.25) is 0 Å². The number of hydrogen-bond donors (Lipinski definition) is 0. The van der Waals surface area contributed by atoms with Crippen LogP contribution in [0.3, 0.4) is 0 Å². The molecule has 0 saturated heterocycles. The third kappa shape index (κ3) is 5.61. The van der Waals surface area contributed by atoms with Crippen LogP contribution in [0, 0.1) is 11.6 Å². The topological polar surface area (TPSA) is 9.23 Å². The van der Waals surface area contributed by atoms with Gasteiger partial charge in [0.1, 0.15) is 0 Å². The Bertz CT molecular complexity index is 1020. The van der Waals surface area contributed by atoms with E-state index in [0.29, 0.717) is 30.4 Å². The second-order valence-electron chi connectivity index (χ2n) is 7.70. The lowest BCUT2D eigenvalue weighted by atomic mass is 9.94. The number of allylic oxidation sites excluding steroid dienone is 3. The number of aryl methyl sites for hydroxylation is 3. The van der Waals surface area contributed by atoms with Crippen LogP contribution in [0.15, 0.2) is 79.4 Å². The molecule has 0 N–H and O–H groups in total. The Kier molecular flexibility index (Phi) is 9.13. The van der Waals surface area contributed by atoms with Crippen molar-refractivity contribution < 1.29 is 17.9 Å². The first-order chi connectivity index (χ1) is 15.3. The molecule has 4 heteroatoms. The highest BCUT2D eigenvalue weighted by Crippen LogP contribution is 2.39. The van der Waals surface area contributed by atoms with Crippen molar-refractivity contribution in [3.05, 3.63) is 113 Å². The molecule has 2 aromatic carbocycles. The molecular weight excluding hydrogens is 409 g/mol. The Labute approximate surface area is 189 Å². The van der Waals surface area contributed by atoms with Crippen molar-refractivity contribution in [3.8, 4) is 5.75 Å². The van der Waals surface area contributed by atoms with E-state index in [1.807, 2.05) is 12.1 Å². The van der Waals surface area contributed by atoms with Gasteiger partial charge in [-0.2, -0.15) is 4.39 Å². The minimum atomic E-state index is -1.08. The van der Waals surface area contributed by atoms with Gasteiger partial charge in [0, 0.05) is 12.0 Å². The lowest BCUT2D eigenvalue weighted by Crippen LogP contribution is -2.15. The van der Waals surface area contributed by atoms with E-state index in [-0.39, 0.29) is 29.1 Å². The van der Waals surface area contributed by atoms with Gasteiger partial charge in [-0.05, 0) is 59.6 Å². The van der Waals surface area contributed by atoms with Gasteiger partial charge in [-0.15, -0.1) is 13.2 Å². The largest absolute Gasteiger partial charge is 0.450 e. The van der Waals surface area contributed by atoms with Crippen molar-refractivity contribution in [2.75, 3.05) is 0 Å². The summed E-state index contributed by atoms with van der Waals surface area (Å²) in [6.07, 6.45) is 3.65. The quantitative estimate of drug-likeness (QED) is 0.395. The Morgan fingerprint density at radius 2 is 1.56 bits per heavy atom. The standard InChI is InChI=1S/C26H27F3O.C2H4/c1-5-7-18-8-10-19(11-9-18)12-13-20-15-21-14-17(4)25(22(27)16(3)6-2)30-26(21)24(29)23(20)28;1-2/h8-11,15H,3-7,12-14H2,1-2H3;1-2H2/b25-22-;. The first-order valence-corrected chi connectivity index (χ1v) is 10.9. The minimum Gasteiger partial charge on any atom is -0.450 e. The fourth-order valence-corrected chi connectivity index (χ4v) is 3.58. The molecular formula is C28H31F3O. The highest BCUT2D eigenvalue weighted by atomic mass is 19.2. The van der Waals surface area contributed by atoms with E-state index in [9.17, 15) is 13.2 Å². The zero-order valence-corrected chi connectivity index (χ0v) is 19.0. The summed E-state index contributed by atoms with van der Waals surface area (Å²) in [7, 11) is 0. The van der Waals surface area contributed by atoms with E-state index < -0.39 is 17.5 Å². The number of benzene rings is 2. The van der Waals surface area contributed by atoms with E-state index in [1.165, 1.54) is 5.56 Å². The Balaban J connectivity index is 0.00000176. The molecule has 0 radical (unpaired) electrons. The number of ether oxygens (including phenoxy) is 1. The average Bonchev–Trinajstić information content (AvgIpc) is 2.81. The monoisotopic (exact) mass is 440 g/mol. The van der Waals surface area contributed by atoms with Crippen molar-refractivity contribution in [1.82, 2.24) is 0 Å². The maximum Gasteiger partial charge on any atom is 0.201 e. The predicted molar refractivity (Wildman–Crippen MR) is 126 cm³/mol. The van der Waals surface area contributed by atoms with Gasteiger partial charge >= 0.3 is 0 Å². The third-order valence-corrected chi connectivity index (χ3v) is 5.42. The van der Waals surface area contributed by atoms with Crippen LogP contribution in [0.4, 0.5) is 13.2 Å². The molecule has 170 valence electrons. The van der Waals surface area contributed by atoms with E-state index in [0.717, 1.165) is 18.4 Å². The maximum absolute atomic E-state index is 14.8. The molecule has 0 aromatic heterocycles. The molecule has 1 aliphatic rings. The Morgan fingerprint density at radius 3 is 2.12 bits per heavy atom. The van der Waals surface area contributed by atoms with Crippen LogP contribution in [-0.2, 0) is 25.7 Å². The summed E-state index contributed by atoms with van der Waals surface area (Å²) in [6, 6.07) is 9.82. The fraction of sp³-hybridized carbons (Fsp3) is 0.286. The zero-order chi connectivity index (χ0) is 23.8. The third-order valence-electron chi connectivity index (χ3n) is 5.42. The number of rotatable bonds is 7. The second-order valence-corrected chi connectivity index (χ2v) is 7.70. The average molecular weight is 441 g/mol. The molecule has 0 unspecified atom stereocenters. The molecule has 1 aliphatic heterocycles. The number of halogens is 3. The van der Waals surface area contributed by atoms with E-state index in [1.54, 1.807) is 13.0 Å². The SMILES string of the molecule is C=C.C=C(CC)/C(F)=C1/Oc2c(cc(CCc3ccc(CCC)cc3)c(F)c2F)CC1=C. The molecule has 2 aromatic rings. The summed E-state index contributed by atoms with van der Waals surface area (Å²) < 4.78 is 49.4.